The largest absolute Gasteiger partial charge is 0.346 e. The lowest BCUT2D eigenvalue weighted by Crippen LogP contribution is -2.30. The molecule has 158 valence electrons. The molecular weight excluding hydrogens is 414 g/mol. The van der Waals surface area contributed by atoms with Gasteiger partial charge < -0.3 is 14.8 Å². The third-order valence-electron chi connectivity index (χ3n) is 4.63. The van der Waals surface area contributed by atoms with E-state index in [0.29, 0.717) is 40.6 Å². The van der Waals surface area contributed by atoms with Crippen LogP contribution in [0.25, 0.3) is 10.9 Å². The molecule has 0 aliphatic heterocycles. The van der Waals surface area contributed by atoms with Gasteiger partial charge in [-0.05, 0) is 24.6 Å². The topological polar surface area (TPSA) is 114 Å². The summed E-state index contributed by atoms with van der Waals surface area (Å²) in [6.45, 7) is 1.96. The molecule has 0 saturated heterocycles. The number of carbonyl (C=O) groups excluding carboxylic acids is 1. The van der Waals surface area contributed by atoms with Crippen molar-refractivity contribution < 1.29 is 9.32 Å². The Hall–Kier alpha value is -3.46. The molecule has 0 fully saturated rings. The molecule has 2 N–H and O–H groups in total. The van der Waals surface area contributed by atoms with Crippen molar-refractivity contribution in [3.05, 3.63) is 88.1 Å². The van der Waals surface area contributed by atoms with Crippen LogP contribution in [-0.2, 0) is 23.5 Å². The lowest BCUT2D eigenvalue weighted by Gasteiger charge is -2.10. The number of aromatic amines is 1. The van der Waals surface area contributed by atoms with E-state index in [1.54, 1.807) is 25.1 Å². The molecule has 0 bridgehead atoms. The van der Waals surface area contributed by atoms with E-state index >= 15 is 0 Å². The first-order valence-corrected chi connectivity index (χ1v) is 10.9. The van der Waals surface area contributed by atoms with Crippen molar-refractivity contribution in [2.24, 2.45) is 0 Å². The molecule has 31 heavy (non-hydrogen) atoms. The van der Waals surface area contributed by atoms with E-state index in [4.69, 9.17) is 4.52 Å². The first kappa shape index (κ1) is 20.8. The molecule has 4 rings (SSSR count). The third-order valence-corrected chi connectivity index (χ3v) is 5.78. The number of para-hydroxylation sites is 1. The molecule has 0 saturated carbocycles. The van der Waals surface area contributed by atoms with Gasteiger partial charge in [-0.1, -0.05) is 47.6 Å². The normalized spacial score (nSPS) is 12.0. The second-order valence-corrected chi connectivity index (χ2v) is 8.30. The molecule has 2 aromatic carbocycles. The fourth-order valence-corrected chi connectivity index (χ4v) is 3.78. The summed E-state index contributed by atoms with van der Waals surface area (Å²) in [4.78, 5) is 36.1. The minimum atomic E-state index is -0.344. The van der Waals surface area contributed by atoms with Gasteiger partial charge in [-0.3, -0.25) is 9.59 Å². The van der Waals surface area contributed by atoms with Crippen molar-refractivity contribution in [1.82, 2.24) is 25.4 Å². The molecule has 0 aliphatic carbocycles. The summed E-state index contributed by atoms with van der Waals surface area (Å²) in [5.74, 6) is 1.73. The number of amides is 1. The monoisotopic (exact) mass is 435 g/mol. The number of fused-ring (bicyclic) bond motifs is 1. The molecule has 8 nitrogen and oxygen atoms in total. The van der Waals surface area contributed by atoms with Crippen LogP contribution in [0.5, 0.6) is 0 Å². The fourth-order valence-electron chi connectivity index (χ4n) is 3.00. The SMILES string of the molecule is CC(SCc1nc2ccccc2c(=O)[nH]1)C(=O)NCc1nc(Cc2ccccc2)no1. The Bertz CT molecular complexity index is 1240. The van der Waals surface area contributed by atoms with Gasteiger partial charge in [-0.15, -0.1) is 11.8 Å². The van der Waals surface area contributed by atoms with E-state index < -0.39 is 0 Å². The second-order valence-electron chi connectivity index (χ2n) is 6.97. The number of carbonyl (C=O) groups is 1. The first-order chi connectivity index (χ1) is 15.1. The maximum Gasteiger partial charge on any atom is 0.258 e. The number of hydrogen-bond donors (Lipinski definition) is 2. The summed E-state index contributed by atoms with van der Waals surface area (Å²) >= 11 is 1.39. The van der Waals surface area contributed by atoms with E-state index in [0.717, 1.165) is 5.56 Å². The highest BCUT2D eigenvalue weighted by molar-refractivity contribution is 7.99. The lowest BCUT2D eigenvalue weighted by molar-refractivity contribution is -0.120. The number of nitrogens with one attached hydrogen (secondary N) is 2. The first-order valence-electron chi connectivity index (χ1n) is 9.81. The molecule has 9 heteroatoms. The van der Waals surface area contributed by atoms with E-state index in [1.807, 2.05) is 36.4 Å². The third kappa shape index (κ3) is 5.37. The Balaban J connectivity index is 1.28. The number of nitrogens with zero attached hydrogens (tertiary/aromatic N) is 3. The maximum absolute atomic E-state index is 12.4. The van der Waals surface area contributed by atoms with Gasteiger partial charge in [0, 0.05) is 6.42 Å². The average Bonchev–Trinajstić information content (AvgIpc) is 3.23. The van der Waals surface area contributed by atoms with Gasteiger partial charge in [0.25, 0.3) is 5.56 Å². The van der Waals surface area contributed by atoms with Gasteiger partial charge in [0.1, 0.15) is 5.82 Å². The van der Waals surface area contributed by atoms with Gasteiger partial charge >= 0.3 is 0 Å². The predicted molar refractivity (Wildman–Crippen MR) is 119 cm³/mol. The van der Waals surface area contributed by atoms with Gasteiger partial charge in [0.15, 0.2) is 5.82 Å². The van der Waals surface area contributed by atoms with Crippen LogP contribution < -0.4 is 10.9 Å². The zero-order chi connectivity index (χ0) is 21.6. The quantitative estimate of drug-likeness (QED) is 0.437. The fraction of sp³-hybridized carbons (Fsp3) is 0.227. The highest BCUT2D eigenvalue weighted by Gasteiger charge is 2.16. The Morgan fingerprint density at radius 1 is 1.13 bits per heavy atom. The van der Waals surface area contributed by atoms with E-state index in [2.05, 4.69) is 25.4 Å². The summed E-state index contributed by atoms with van der Waals surface area (Å²) in [7, 11) is 0. The summed E-state index contributed by atoms with van der Waals surface area (Å²) < 4.78 is 5.22. The van der Waals surface area contributed by atoms with Crippen molar-refractivity contribution in [3.8, 4) is 0 Å². The van der Waals surface area contributed by atoms with Crippen molar-refractivity contribution in [3.63, 3.8) is 0 Å². The molecular formula is C22H21N5O3S. The summed E-state index contributed by atoms with van der Waals surface area (Å²) in [5.41, 5.74) is 1.55. The molecule has 1 amide bonds. The van der Waals surface area contributed by atoms with Crippen LogP contribution in [0.2, 0.25) is 0 Å². The van der Waals surface area contributed by atoms with Crippen molar-refractivity contribution in [1.29, 1.82) is 0 Å². The molecule has 2 aromatic heterocycles. The van der Waals surface area contributed by atoms with Gasteiger partial charge in [-0.25, -0.2) is 4.98 Å². The van der Waals surface area contributed by atoms with Crippen LogP contribution in [-0.4, -0.2) is 31.3 Å². The van der Waals surface area contributed by atoms with Crippen LogP contribution in [0.4, 0.5) is 0 Å². The molecule has 0 spiro atoms. The minimum Gasteiger partial charge on any atom is -0.346 e. The van der Waals surface area contributed by atoms with Crippen LogP contribution in [0, 0.1) is 0 Å². The number of H-pyrrole nitrogens is 1. The standard InChI is InChI=1S/C22H21N5O3S/c1-14(31-13-19-24-17-10-6-5-9-16(17)22(29)26-19)21(28)23-12-20-25-18(27-30-20)11-15-7-3-2-4-8-15/h2-10,14H,11-13H2,1H3,(H,23,28)(H,24,26,29). The van der Waals surface area contributed by atoms with Gasteiger partial charge in [0.05, 0.1) is 28.5 Å². The summed E-state index contributed by atoms with van der Waals surface area (Å²) in [6, 6.07) is 17.0. The van der Waals surface area contributed by atoms with E-state index in [9.17, 15) is 9.59 Å². The molecule has 1 atom stereocenters. The Morgan fingerprint density at radius 3 is 2.74 bits per heavy atom. The van der Waals surface area contributed by atoms with Gasteiger partial charge in [0.2, 0.25) is 11.8 Å². The number of benzene rings is 2. The zero-order valence-electron chi connectivity index (χ0n) is 16.9. The zero-order valence-corrected chi connectivity index (χ0v) is 17.7. The van der Waals surface area contributed by atoms with Crippen molar-refractivity contribution >= 4 is 28.6 Å². The smallest absolute Gasteiger partial charge is 0.258 e. The molecule has 0 radical (unpaired) electrons. The van der Waals surface area contributed by atoms with Crippen LogP contribution in [0.15, 0.2) is 63.9 Å². The Kier molecular flexibility index (Phi) is 6.42. The van der Waals surface area contributed by atoms with Crippen LogP contribution in [0.3, 0.4) is 0 Å². The molecule has 1 unspecified atom stereocenters. The number of thioether (sulfide) groups is 1. The van der Waals surface area contributed by atoms with E-state index in [1.165, 1.54) is 11.8 Å². The Morgan fingerprint density at radius 2 is 1.90 bits per heavy atom. The summed E-state index contributed by atoms with van der Waals surface area (Å²) in [6.07, 6.45) is 0.571. The molecule has 4 aromatic rings. The second kappa shape index (κ2) is 9.57. The van der Waals surface area contributed by atoms with Crippen LogP contribution >= 0.6 is 11.8 Å². The predicted octanol–water partition coefficient (Wildman–Crippen LogP) is 2.84. The highest BCUT2D eigenvalue weighted by atomic mass is 32.2. The maximum atomic E-state index is 12.4. The number of aromatic nitrogens is 4. The van der Waals surface area contributed by atoms with E-state index in [-0.39, 0.29) is 23.3 Å². The highest BCUT2D eigenvalue weighted by Crippen LogP contribution is 2.16. The molecule has 2 heterocycles. The van der Waals surface area contributed by atoms with Crippen molar-refractivity contribution in [2.75, 3.05) is 0 Å². The summed E-state index contributed by atoms with van der Waals surface area (Å²) in [5, 5.41) is 6.97. The van der Waals surface area contributed by atoms with Gasteiger partial charge in [-0.2, -0.15) is 4.98 Å². The molecule has 0 aliphatic rings. The minimum absolute atomic E-state index is 0.157. The average molecular weight is 436 g/mol. The van der Waals surface area contributed by atoms with Crippen molar-refractivity contribution in [2.45, 2.75) is 30.9 Å². The lowest BCUT2D eigenvalue weighted by atomic mass is 10.1. The number of rotatable bonds is 8. The number of hydrogen-bond acceptors (Lipinski definition) is 7. The van der Waals surface area contributed by atoms with Crippen LogP contribution in [0.1, 0.15) is 30.0 Å². The Labute approximate surface area is 182 Å².